The predicted octanol–water partition coefficient (Wildman–Crippen LogP) is 3.07. The van der Waals surface area contributed by atoms with Crippen molar-refractivity contribution in [2.75, 3.05) is 11.9 Å². The summed E-state index contributed by atoms with van der Waals surface area (Å²) in [4.78, 5) is 11.7. The molecular formula is C17H21N3O4. The Morgan fingerprint density at radius 2 is 2.12 bits per heavy atom. The Balaban J connectivity index is 1.56. The Labute approximate surface area is 140 Å². The number of rotatable bonds is 3. The van der Waals surface area contributed by atoms with E-state index in [-0.39, 0.29) is 6.10 Å². The number of nitrogens with zero attached hydrogens (tertiary/aromatic N) is 2. The van der Waals surface area contributed by atoms with Gasteiger partial charge >= 0.3 is 6.09 Å². The molecule has 24 heavy (non-hydrogen) atoms. The molecule has 1 aliphatic heterocycles. The molecule has 1 atom stereocenters. The van der Waals surface area contributed by atoms with Crippen molar-refractivity contribution >= 4 is 11.8 Å². The van der Waals surface area contributed by atoms with Crippen molar-refractivity contribution in [3.8, 4) is 11.5 Å². The Bertz CT molecular complexity index is 721. The van der Waals surface area contributed by atoms with E-state index in [1.54, 1.807) is 17.1 Å². The first-order valence-electron chi connectivity index (χ1n) is 7.80. The quantitative estimate of drug-likeness (QED) is 0.935. The number of carbonyl (C=O) groups excluding carboxylic acids is 1. The highest BCUT2D eigenvalue weighted by Gasteiger charge is 2.22. The van der Waals surface area contributed by atoms with Gasteiger partial charge in [-0.1, -0.05) is 12.1 Å². The summed E-state index contributed by atoms with van der Waals surface area (Å²) in [5.74, 6) is 1.48. The molecule has 2 heterocycles. The van der Waals surface area contributed by atoms with Crippen molar-refractivity contribution < 1.29 is 19.0 Å². The maximum absolute atomic E-state index is 11.7. The number of nitrogens with one attached hydrogen (secondary N) is 1. The monoisotopic (exact) mass is 331 g/mol. The Morgan fingerprint density at radius 3 is 2.88 bits per heavy atom. The smallest absolute Gasteiger partial charge is 0.412 e. The fourth-order valence-electron chi connectivity index (χ4n) is 2.31. The molecule has 0 spiro atoms. The zero-order valence-corrected chi connectivity index (χ0v) is 14.0. The van der Waals surface area contributed by atoms with Crippen LogP contribution in [0.4, 0.5) is 10.5 Å². The summed E-state index contributed by atoms with van der Waals surface area (Å²) < 4.78 is 18.5. The van der Waals surface area contributed by atoms with Crippen LogP contribution < -0.4 is 14.8 Å². The van der Waals surface area contributed by atoms with Gasteiger partial charge in [-0.25, -0.2) is 4.79 Å². The summed E-state index contributed by atoms with van der Waals surface area (Å²) in [7, 11) is 0. The number of aromatic nitrogens is 2. The summed E-state index contributed by atoms with van der Waals surface area (Å²) >= 11 is 0. The molecule has 1 aliphatic rings. The van der Waals surface area contributed by atoms with Crippen molar-refractivity contribution in [3.05, 3.63) is 36.7 Å². The molecule has 7 heteroatoms. The fraction of sp³-hybridized carbons (Fsp3) is 0.412. The van der Waals surface area contributed by atoms with E-state index in [4.69, 9.17) is 14.2 Å². The molecule has 0 aliphatic carbocycles. The fourth-order valence-corrected chi connectivity index (χ4v) is 2.31. The number of hydrogen-bond acceptors (Lipinski definition) is 5. The van der Waals surface area contributed by atoms with Crippen molar-refractivity contribution in [1.82, 2.24) is 9.78 Å². The van der Waals surface area contributed by atoms with Gasteiger partial charge in [0.2, 0.25) is 0 Å². The Kier molecular flexibility index (Phi) is 4.33. The minimum absolute atomic E-state index is 0.144. The van der Waals surface area contributed by atoms with Crippen molar-refractivity contribution in [3.63, 3.8) is 0 Å². The SMILES string of the molecule is CC(C)(C)OC(=O)Nc1cnn(CC2COc3ccccc3O2)c1. The lowest BCUT2D eigenvalue weighted by atomic mass is 10.2. The molecule has 1 N–H and O–H groups in total. The molecule has 0 bridgehead atoms. The number of para-hydroxylation sites is 2. The van der Waals surface area contributed by atoms with Crippen LogP contribution in [0.2, 0.25) is 0 Å². The van der Waals surface area contributed by atoms with E-state index in [9.17, 15) is 4.79 Å². The van der Waals surface area contributed by atoms with Gasteiger partial charge in [0.15, 0.2) is 17.6 Å². The van der Waals surface area contributed by atoms with Crippen LogP contribution in [0.3, 0.4) is 0 Å². The molecule has 0 saturated carbocycles. The third kappa shape index (κ3) is 4.18. The van der Waals surface area contributed by atoms with Crippen LogP contribution in [0.15, 0.2) is 36.7 Å². The lowest BCUT2D eigenvalue weighted by molar-refractivity contribution is 0.0636. The summed E-state index contributed by atoms with van der Waals surface area (Å²) in [6.45, 7) is 6.41. The molecular weight excluding hydrogens is 310 g/mol. The van der Waals surface area contributed by atoms with E-state index in [1.165, 1.54) is 0 Å². The molecule has 2 aromatic rings. The molecule has 0 radical (unpaired) electrons. The van der Waals surface area contributed by atoms with E-state index in [2.05, 4.69) is 10.4 Å². The molecule has 0 fully saturated rings. The van der Waals surface area contributed by atoms with Gasteiger partial charge in [0.05, 0.1) is 18.4 Å². The number of anilines is 1. The van der Waals surface area contributed by atoms with Gasteiger partial charge in [-0.2, -0.15) is 5.10 Å². The van der Waals surface area contributed by atoms with Crippen LogP contribution in [0.5, 0.6) is 11.5 Å². The summed E-state index contributed by atoms with van der Waals surface area (Å²) in [6, 6.07) is 7.56. The maximum atomic E-state index is 11.7. The third-order valence-corrected chi connectivity index (χ3v) is 3.24. The topological polar surface area (TPSA) is 74.6 Å². The second-order valence-electron chi connectivity index (χ2n) is 6.58. The average Bonchev–Trinajstić information content (AvgIpc) is 2.92. The number of benzene rings is 1. The van der Waals surface area contributed by atoms with E-state index in [0.717, 1.165) is 11.5 Å². The van der Waals surface area contributed by atoms with Crippen molar-refractivity contribution in [2.45, 2.75) is 39.0 Å². The van der Waals surface area contributed by atoms with Gasteiger partial charge in [0.1, 0.15) is 12.2 Å². The van der Waals surface area contributed by atoms with Crippen LogP contribution in [-0.2, 0) is 11.3 Å². The highest BCUT2D eigenvalue weighted by atomic mass is 16.6. The first-order chi connectivity index (χ1) is 11.4. The number of ether oxygens (including phenoxy) is 3. The first kappa shape index (κ1) is 16.2. The van der Waals surface area contributed by atoms with Crippen LogP contribution in [-0.4, -0.2) is 34.2 Å². The van der Waals surface area contributed by atoms with Crippen LogP contribution in [0, 0.1) is 0 Å². The largest absolute Gasteiger partial charge is 0.486 e. The van der Waals surface area contributed by atoms with Gasteiger partial charge in [-0.3, -0.25) is 10.00 Å². The number of carbonyl (C=O) groups is 1. The van der Waals surface area contributed by atoms with Crippen LogP contribution >= 0.6 is 0 Å². The molecule has 1 aromatic heterocycles. The summed E-state index contributed by atoms with van der Waals surface area (Å²) in [5.41, 5.74) is 0.0298. The molecule has 128 valence electrons. The summed E-state index contributed by atoms with van der Waals surface area (Å²) in [6.07, 6.45) is 2.65. The average molecular weight is 331 g/mol. The molecule has 1 unspecified atom stereocenters. The van der Waals surface area contributed by atoms with Gasteiger partial charge < -0.3 is 14.2 Å². The maximum Gasteiger partial charge on any atom is 0.412 e. The van der Waals surface area contributed by atoms with Gasteiger partial charge in [0.25, 0.3) is 0 Å². The van der Waals surface area contributed by atoms with Crippen LogP contribution in [0.25, 0.3) is 0 Å². The standard InChI is InChI=1S/C17H21N3O4/c1-17(2,3)24-16(21)19-12-8-18-20(9-12)10-13-11-22-14-6-4-5-7-15(14)23-13/h4-9,13H,10-11H2,1-3H3,(H,19,21). The van der Waals surface area contributed by atoms with Crippen LogP contribution in [0.1, 0.15) is 20.8 Å². The lowest BCUT2D eigenvalue weighted by Gasteiger charge is -2.26. The second-order valence-corrected chi connectivity index (χ2v) is 6.58. The minimum atomic E-state index is -0.541. The first-order valence-corrected chi connectivity index (χ1v) is 7.80. The molecule has 1 amide bonds. The number of amides is 1. The summed E-state index contributed by atoms with van der Waals surface area (Å²) in [5, 5.41) is 6.88. The zero-order chi connectivity index (χ0) is 17.2. The van der Waals surface area contributed by atoms with E-state index in [1.807, 2.05) is 45.0 Å². The highest BCUT2D eigenvalue weighted by molar-refractivity contribution is 5.84. The lowest BCUT2D eigenvalue weighted by Crippen LogP contribution is -2.33. The predicted molar refractivity (Wildman–Crippen MR) is 88.4 cm³/mol. The van der Waals surface area contributed by atoms with Crippen molar-refractivity contribution in [1.29, 1.82) is 0 Å². The Morgan fingerprint density at radius 1 is 1.38 bits per heavy atom. The van der Waals surface area contributed by atoms with Gasteiger partial charge in [-0.05, 0) is 32.9 Å². The third-order valence-electron chi connectivity index (χ3n) is 3.24. The molecule has 1 aromatic carbocycles. The van der Waals surface area contributed by atoms with E-state index in [0.29, 0.717) is 18.8 Å². The Hall–Kier alpha value is -2.70. The van der Waals surface area contributed by atoms with Crippen molar-refractivity contribution in [2.24, 2.45) is 0 Å². The number of fused-ring (bicyclic) bond motifs is 1. The zero-order valence-electron chi connectivity index (χ0n) is 14.0. The van der Waals surface area contributed by atoms with Gasteiger partial charge in [-0.15, -0.1) is 0 Å². The molecule has 3 rings (SSSR count). The minimum Gasteiger partial charge on any atom is -0.486 e. The molecule has 0 saturated heterocycles. The normalized spacial score (nSPS) is 16.5. The second kappa shape index (κ2) is 6.43. The molecule has 7 nitrogen and oxygen atoms in total. The highest BCUT2D eigenvalue weighted by Crippen LogP contribution is 2.31. The van der Waals surface area contributed by atoms with Gasteiger partial charge in [0, 0.05) is 6.20 Å². The van der Waals surface area contributed by atoms with E-state index >= 15 is 0 Å². The van der Waals surface area contributed by atoms with E-state index < -0.39 is 11.7 Å². The number of hydrogen-bond donors (Lipinski definition) is 1.